The third-order valence-corrected chi connectivity index (χ3v) is 6.97. The number of fused-ring (bicyclic) bond motifs is 1. The van der Waals surface area contributed by atoms with Gasteiger partial charge in [-0.15, -0.1) is 0 Å². The number of rotatable bonds is 6. The smallest absolute Gasteiger partial charge is 0.291 e. The lowest BCUT2D eigenvalue weighted by molar-refractivity contribution is -0.137. The Morgan fingerprint density at radius 3 is 2.53 bits per heavy atom. The highest BCUT2D eigenvalue weighted by Gasteiger charge is 2.31. The second-order valence-electron chi connectivity index (χ2n) is 10.1. The van der Waals surface area contributed by atoms with Crippen molar-refractivity contribution in [3.63, 3.8) is 0 Å². The largest absolute Gasteiger partial charge is 0.494 e. The van der Waals surface area contributed by atoms with Crippen molar-refractivity contribution in [1.82, 2.24) is 24.4 Å². The Balaban J connectivity index is 1.52. The molecule has 3 fully saturated rings. The normalized spacial score (nSPS) is 23.4. The number of aromatic hydroxyl groups is 1. The Bertz CT molecular complexity index is 1230. The highest BCUT2D eigenvalue weighted by atomic mass is 16.5. The van der Waals surface area contributed by atoms with Crippen molar-refractivity contribution in [3.8, 4) is 5.88 Å². The Hall–Kier alpha value is -3.18. The summed E-state index contributed by atoms with van der Waals surface area (Å²) in [5, 5.41) is 18.2. The summed E-state index contributed by atoms with van der Waals surface area (Å²) in [4.78, 5) is 40.7. The van der Waals surface area contributed by atoms with Crippen molar-refractivity contribution in [2.75, 3.05) is 26.3 Å². The van der Waals surface area contributed by atoms with Crippen LogP contribution in [-0.2, 0) is 20.8 Å². The van der Waals surface area contributed by atoms with E-state index in [4.69, 9.17) is 9.47 Å². The molecule has 0 radical (unpaired) electrons. The third kappa shape index (κ3) is 5.03. The quantitative estimate of drug-likeness (QED) is 0.571. The summed E-state index contributed by atoms with van der Waals surface area (Å²) in [5.74, 6) is -0.949. The van der Waals surface area contributed by atoms with Gasteiger partial charge in [-0.05, 0) is 51.5 Å². The van der Waals surface area contributed by atoms with E-state index < -0.39 is 11.5 Å². The predicted octanol–water partition coefficient (Wildman–Crippen LogP) is 1.17. The first-order valence-electron chi connectivity index (χ1n) is 12.7. The minimum atomic E-state index is -0.689. The molecule has 0 bridgehead atoms. The lowest BCUT2D eigenvalue weighted by atomic mass is 10.00. The molecule has 1 aliphatic carbocycles. The van der Waals surface area contributed by atoms with Crippen molar-refractivity contribution in [2.24, 2.45) is 5.92 Å². The summed E-state index contributed by atoms with van der Waals surface area (Å²) in [6.07, 6.45) is 7.75. The van der Waals surface area contributed by atoms with Crippen LogP contribution in [0.25, 0.3) is 11.7 Å². The molecule has 36 heavy (non-hydrogen) atoms. The van der Waals surface area contributed by atoms with Gasteiger partial charge in [0.25, 0.3) is 11.5 Å². The van der Waals surface area contributed by atoms with Crippen molar-refractivity contribution < 1.29 is 24.2 Å². The van der Waals surface area contributed by atoms with E-state index in [0.717, 1.165) is 30.2 Å². The minimum absolute atomic E-state index is 0.0312. The molecule has 5 rings (SSSR count). The summed E-state index contributed by atoms with van der Waals surface area (Å²) >= 11 is 0. The van der Waals surface area contributed by atoms with Gasteiger partial charge in [0.1, 0.15) is 5.65 Å². The standard InChI is InChI=1S/C25H33N5O6/c1-15-12-28(13-16(2)36-15)20(31)6-3-18-11-26-30-23(18)29(14-17-7-9-35-10-8-17)24(33)21(25(30)34)22(32)27-19-4-5-19/h3,6,11,15-17,19,33H,4-5,7-10,12-14H2,1-2H3,(H,27,32)/b6-3+/t15-,16+. The number of amides is 2. The number of carbonyl (C=O) groups excluding carboxylic acids is 2. The average Bonchev–Trinajstić information content (AvgIpc) is 3.55. The van der Waals surface area contributed by atoms with Gasteiger partial charge in [-0.1, -0.05) is 0 Å². The Kier molecular flexibility index (Phi) is 6.85. The molecule has 0 aromatic carbocycles. The molecule has 2 aliphatic heterocycles. The van der Waals surface area contributed by atoms with Crippen LogP contribution in [0.4, 0.5) is 0 Å². The first-order valence-corrected chi connectivity index (χ1v) is 12.7. The monoisotopic (exact) mass is 499 g/mol. The molecule has 11 heteroatoms. The molecule has 2 amide bonds. The van der Waals surface area contributed by atoms with Gasteiger partial charge in [-0.3, -0.25) is 19.0 Å². The van der Waals surface area contributed by atoms with Crippen LogP contribution in [0, 0.1) is 5.92 Å². The second kappa shape index (κ2) is 10.1. The van der Waals surface area contributed by atoms with Crippen LogP contribution in [0.15, 0.2) is 17.1 Å². The SMILES string of the molecule is C[C@@H]1CN(C(=O)/C=C/c2cnn3c(=O)c(C(=O)NC4CC4)c(O)n(CC4CCOCC4)c23)C[C@H](C)O1. The number of carbonyl (C=O) groups is 2. The molecule has 3 aliphatic rings. The van der Waals surface area contributed by atoms with Gasteiger partial charge >= 0.3 is 0 Å². The Labute approximate surface area is 208 Å². The fraction of sp³-hybridized carbons (Fsp3) is 0.600. The molecule has 2 N–H and O–H groups in total. The first kappa shape index (κ1) is 24.5. The molecule has 194 valence electrons. The number of nitrogens with one attached hydrogen (secondary N) is 1. The van der Waals surface area contributed by atoms with E-state index in [1.165, 1.54) is 12.3 Å². The average molecular weight is 500 g/mol. The van der Waals surface area contributed by atoms with Crippen LogP contribution in [0.3, 0.4) is 0 Å². The maximum absolute atomic E-state index is 13.2. The van der Waals surface area contributed by atoms with E-state index in [9.17, 15) is 19.5 Å². The number of hydrogen-bond donors (Lipinski definition) is 2. The zero-order valence-corrected chi connectivity index (χ0v) is 20.7. The molecule has 2 aromatic heterocycles. The summed E-state index contributed by atoms with van der Waals surface area (Å²) in [5.41, 5.74) is -0.149. The molecule has 2 saturated heterocycles. The fourth-order valence-corrected chi connectivity index (χ4v) is 5.00. The van der Waals surface area contributed by atoms with E-state index in [2.05, 4.69) is 10.4 Å². The van der Waals surface area contributed by atoms with Gasteiger partial charge in [0.05, 0.1) is 18.4 Å². The van der Waals surface area contributed by atoms with E-state index in [1.54, 1.807) is 15.5 Å². The number of hydrogen-bond acceptors (Lipinski definition) is 7. The van der Waals surface area contributed by atoms with Crippen LogP contribution in [0.5, 0.6) is 5.88 Å². The Morgan fingerprint density at radius 1 is 1.17 bits per heavy atom. The van der Waals surface area contributed by atoms with Crippen LogP contribution in [0.2, 0.25) is 0 Å². The number of aromatic nitrogens is 3. The van der Waals surface area contributed by atoms with Crippen LogP contribution in [0.1, 0.15) is 55.5 Å². The second-order valence-corrected chi connectivity index (χ2v) is 10.1. The summed E-state index contributed by atoms with van der Waals surface area (Å²) in [6, 6.07) is 0.0312. The molecule has 4 heterocycles. The maximum Gasteiger partial charge on any atom is 0.291 e. The molecular formula is C25H33N5O6. The molecule has 2 aromatic rings. The molecule has 1 saturated carbocycles. The van der Waals surface area contributed by atoms with Crippen LogP contribution < -0.4 is 10.9 Å². The lowest BCUT2D eigenvalue weighted by Crippen LogP contribution is -2.47. The van der Waals surface area contributed by atoms with E-state index in [-0.39, 0.29) is 41.5 Å². The third-order valence-electron chi connectivity index (χ3n) is 6.97. The minimum Gasteiger partial charge on any atom is -0.494 e. The number of morpholine rings is 1. The molecule has 11 nitrogen and oxygen atoms in total. The maximum atomic E-state index is 13.2. The summed E-state index contributed by atoms with van der Waals surface area (Å²) < 4.78 is 13.9. The molecular weight excluding hydrogens is 466 g/mol. The van der Waals surface area contributed by atoms with Crippen LogP contribution >= 0.6 is 0 Å². The fourth-order valence-electron chi connectivity index (χ4n) is 5.00. The summed E-state index contributed by atoms with van der Waals surface area (Å²) in [6.45, 7) is 6.48. The van der Waals surface area contributed by atoms with Crippen LogP contribution in [-0.4, -0.2) is 80.6 Å². The van der Waals surface area contributed by atoms with Gasteiger partial charge in [0.15, 0.2) is 5.56 Å². The molecule has 0 unspecified atom stereocenters. The highest BCUT2D eigenvalue weighted by molar-refractivity contribution is 5.97. The van der Waals surface area contributed by atoms with Gasteiger partial charge in [-0.25, -0.2) is 0 Å². The zero-order chi connectivity index (χ0) is 25.4. The van der Waals surface area contributed by atoms with Crippen molar-refractivity contribution >= 4 is 23.5 Å². The van der Waals surface area contributed by atoms with Gasteiger partial charge in [0, 0.05) is 50.5 Å². The predicted molar refractivity (Wildman–Crippen MR) is 131 cm³/mol. The van der Waals surface area contributed by atoms with Gasteiger partial charge in [-0.2, -0.15) is 9.61 Å². The Morgan fingerprint density at radius 2 is 1.86 bits per heavy atom. The highest BCUT2D eigenvalue weighted by Crippen LogP contribution is 2.27. The van der Waals surface area contributed by atoms with Crippen molar-refractivity contribution in [1.29, 1.82) is 0 Å². The number of nitrogens with zero attached hydrogens (tertiary/aromatic N) is 4. The number of ether oxygens (including phenoxy) is 2. The van der Waals surface area contributed by atoms with Gasteiger partial charge in [0.2, 0.25) is 11.8 Å². The molecule has 2 atom stereocenters. The summed E-state index contributed by atoms with van der Waals surface area (Å²) in [7, 11) is 0. The van der Waals surface area contributed by atoms with E-state index >= 15 is 0 Å². The topological polar surface area (TPSA) is 127 Å². The van der Waals surface area contributed by atoms with E-state index in [1.807, 2.05) is 13.8 Å². The van der Waals surface area contributed by atoms with Crippen molar-refractivity contribution in [2.45, 2.75) is 64.3 Å². The molecule has 0 spiro atoms. The van der Waals surface area contributed by atoms with Gasteiger partial charge < -0.3 is 24.8 Å². The van der Waals surface area contributed by atoms with Crippen molar-refractivity contribution in [3.05, 3.63) is 33.8 Å². The van der Waals surface area contributed by atoms with E-state index in [0.29, 0.717) is 44.1 Å². The zero-order valence-electron chi connectivity index (χ0n) is 20.7. The lowest BCUT2D eigenvalue weighted by Gasteiger charge is -2.34. The first-order chi connectivity index (χ1) is 17.3.